The third-order valence-electron chi connectivity index (χ3n) is 5.97. The number of carbonyl (C=O) groups is 1. The van der Waals surface area contributed by atoms with Crippen LogP contribution in [0.15, 0.2) is 109 Å². The summed E-state index contributed by atoms with van der Waals surface area (Å²) in [4.78, 5) is 23.3. The Morgan fingerprint density at radius 2 is 1.26 bits per heavy atom. The first-order valence-electron chi connectivity index (χ1n) is 10.6. The van der Waals surface area contributed by atoms with Crippen molar-refractivity contribution < 1.29 is 14.8 Å². The van der Waals surface area contributed by atoms with Crippen LogP contribution in [0, 0.1) is 10.1 Å². The number of rotatable bonds is 6. The molecule has 0 spiro atoms. The third kappa shape index (κ3) is 3.22. The first-order valence-corrected chi connectivity index (χ1v) is 10.6. The van der Waals surface area contributed by atoms with Crippen LogP contribution in [0.1, 0.15) is 27.2 Å². The topological polar surface area (TPSA) is 98.3 Å². The summed E-state index contributed by atoms with van der Waals surface area (Å²) in [5.74, 6) is -1.21. The minimum atomic E-state index is -1.21. The lowest BCUT2D eigenvalue weighted by Gasteiger charge is -2.37. The Morgan fingerprint density at radius 1 is 0.794 bits per heavy atom. The van der Waals surface area contributed by atoms with Crippen LogP contribution >= 0.6 is 0 Å². The second kappa shape index (κ2) is 8.29. The van der Waals surface area contributed by atoms with E-state index < -0.39 is 16.4 Å². The van der Waals surface area contributed by atoms with Gasteiger partial charge >= 0.3 is 5.97 Å². The van der Waals surface area contributed by atoms with E-state index in [1.807, 2.05) is 91.0 Å². The molecule has 34 heavy (non-hydrogen) atoms. The van der Waals surface area contributed by atoms with Crippen molar-refractivity contribution in [3.8, 4) is 0 Å². The first-order chi connectivity index (χ1) is 16.5. The molecule has 0 aliphatic heterocycles. The van der Waals surface area contributed by atoms with E-state index in [0.717, 1.165) is 16.7 Å². The Labute approximate surface area is 194 Å². The molecule has 4 aromatic carbocycles. The van der Waals surface area contributed by atoms with E-state index in [9.17, 15) is 20.0 Å². The Kier molecular flexibility index (Phi) is 5.14. The average molecular weight is 449 g/mol. The summed E-state index contributed by atoms with van der Waals surface area (Å²) in [5.41, 5.74) is 1.44. The minimum Gasteiger partial charge on any atom is -0.476 e. The highest BCUT2D eigenvalue weighted by molar-refractivity contribution is 6.02. The van der Waals surface area contributed by atoms with Crippen molar-refractivity contribution in [3.63, 3.8) is 0 Å². The van der Waals surface area contributed by atoms with E-state index in [4.69, 9.17) is 0 Å². The summed E-state index contributed by atoms with van der Waals surface area (Å²) in [5, 5.41) is 26.5. The highest BCUT2D eigenvalue weighted by Gasteiger charge is 2.41. The molecule has 0 aliphatic carbocycles. The number of nitro benzene ring substituents is 1. The van der Waals surface area contributed by atoms with Gasteiger partial charge in [0, 0.05) is 17.5 Å². The van der Waals surface area contributed by atoms with Gasteiger partial charge in [0.05, 0.1) is 10.4 Å². The van der Waals surface area contributed by atoms with Gasteiger partial charge < -0.3 is 5.11 Å². The number of aromatic nitrogens is 2. The lowest BCUT2D eigenvalue weighted by atomic mass is 9.77. The zero-order valence-electron chi connectivity index (χ0n) is 17.9. The van der Waals surface area contributed by atoms with Crippen LogP contribution in [-0.4, -0.2) is 25.8 Å². The molecular weight excluding hydrogens is 430 g/mol. The molecule has 0 radical (unpaired) electrons. The largest absolute Gasteiger partial charge is 0.476 e. The van der Waals surface area contributed by atoms with Crippen LogP contribution in [0.4, 0.5) is 5.69 Å². The summed E-state index contributed by atoms with van der Waals surface area (Å²) < 4.78 is 1.61. The van der Waals surface area contributed by atoms with Gasteiger partial charge in [0.15, 0.2) is 5.69 Å². The molecule has 0 bridgehead atoms. The number of benzene rings is 4. The molecule has 0 fully saturated rings. The predicted octanol–water partition coefficient (Wildman–Crippen LogP) is 5.48. The van der Waals surface area contributed by atoms with E-state index in [1.165, 1.54) is 18.2 Å². The molecule has 0 saturated heterocycles. The molecule has 0 aliphatic rings. The van der Waals surface area contributed by atoms with Crippen LogP contribution in [0.3, 0.4) is 0 Å². The number of fused-ring (bicyclic) bond motifs is 1. The number of hydrogen-bond donors (Lipinski definition) is 1. The van der Waals surface area contributed by atoms with Gasteiger partial charge in [0.25, 0.3) is 5.69 Å². The van der Waals surface area contributed by atoms with Gasteiger partial charge in [0.2, 0.25) is 0 Å². The smallest absolute Gasteiger partial charge is 0.357 e. The molecular formula is C27H19N3O4. The number of nitro groups is 1. The number of aromatic carboxylic acids is 1. The Hall–Kier alpha value is -4.78. The van der Waals surface area contributed by atoms with E-state index >= 15 is 0 Å². The van der Waals surface area contributed by atoms with Crippen LogP contribution in [0.2, 0.25) is 0 Å². The third-order valence-corrected chi connectivity index (χ3v) is 5.97. The van der Waals surface area contributed by atoms with Crippen LogP contribution in [0.5, 0.6) is 0 Å². The number of carboxylic acids is 1. The van der Waals surface area contributed by atoms with Crippen molar-refractivity contribution in [1.82, 2.24) is 9.78 Å². The van der Waals surface area contributed by atoms with Crippen molar-refractivity contribution >= 4 is 22.6 Å². The standard InChI is InChI=1S/C27H19N3O4/c31-26(32)25-23-17-16-22(30(33)34)18-24(23)29(28-25)27(19-10-4-1-5-11-19,20-12-6-2-7-13-20)21-14-8-3-9-15-21/h1-18H,(H,31,32). The van der Waals surface area contributed by atoms with Gasteiger partial charge in [-0.1, -0.05) is 91.0 Å². The van der Waals surface area contributed by atoms with Crippen LogP contribution < -0.4 is 0 Å². The molecule has 7 nitrogen and oxygen atoms in total. The highest BCUT2D eigenvalue weighted by atomic mass is 16.6. The van der Waals surface area contributed by atoms with Crippen molar-refractivity contribution in [2.45, 2.75) is 5.54 Å². The number of carboxylic acid groups (broad SMARTS) is 1. The SMILES string of the molecule is O=C(O)c1nn(C(c2ccccc2)(c2ccccc2)c2ccccc2)c2cc([N+](=O)[O-])ccc12. The molecule has 5 rings (SSSR count). The molecule has 5 aromatic rings. The minimum absolute atomic E-state index is 0.145. The predicted molar refractivity (Wildman–Crippen MR) is 128 cm³/mol. The monoisotopic (exact) mass is 449 g/mol. The molecule has 1 heterocycles. The van der Waals surface area contributed by atoms with E-state index in [-0.39, 0.29) is 11.4 Å². The molecule has 7 heteroatoms. The molecule has 0 unspecified atom stereocenters. The fraction of sp³-hybridized carbons (Fsp3) is 0.0370. The number of nitrogens with zero attached hydrogens (tertiary/aromatic N) is 3. The van der Waals surface area contributed by atoms with Gasteiger partial charge in [-0.2, -0.15) is 5.10 Å². The summed E-state index contributed by atoms with van der Waals surface area (Å²) in [7, 11) is 0. The van der Waals surface area contributed by atoms with Crippen LogP contribution in [0.25, 0.3) is 10.9 Å². The zero-order chi connectivity index (χ0) is 23.7. The fourth-order valence-electron chi connectivity index (χ4n) is 4.54. The molecule has 0 saturated carbocycles. The average Bonchev–Trinajstić information content (AvgIpc) is 3.26. The van der Waals surface area contributed by atoms with Crippen molar-refractivity contribution in [1.29, 1.82) is 0 Å². The summed E-state index contributed by atoms with van der Waals surface area (Å²) in [6.45, 7) is 0. The molecule has 0 atom stereocenters. The normalized spacial score (nSPS) is 11.4. The Morgan fingerprint density at radius 3 is 1.68 bits per heavy atom. The Balaban J connectivity index is 2.01. The maximum absolute atomic E-state index is 12.2. The fourth-order valence-corrected chi connectivity index (χ4v) is 4.54. The highest BCUT2D eigenvalue weighted by Crippen LogP contribution is 2.43. The number of non-ortho nitro benzene ring substituents is 1. The summed E-state index contributed by atoms with van der Waals surface area (Å²) >= 11 is 0. The van der Waals surface area contributed by atoms with Gasteiger partial charge in [-0.3, -0.25) is 10.1 Å². The lowest BCUT2D eigenvalue weighted by molar-refractivity contribution is -0.384. The van der Waals surface area contributed by atoms with Crippen molar-refractivity contribution in [2.75, 3.05) is 0 Å². The second-order valence-electron chi connectivity index (χ2n) is 7.83. The summed E-state index contributed by atoms with van der Waals surface area (Å²) in [6.07, 6.45) is 0. The van der Waals surface area contributed by atoms with Gasteiger partial charge in [-0.15, -0.1) is 0 Å². The molecule has 166 valence electrons. The maximum Gasteiger partial charge on any atom is 0.357 e. The molecule has 1 aromatic heterocycles. The zero-order valence-corrected chi connectivity index (χ0v) is 17.9. The van der Waals surface area contributed by atoms with E-state index in [0.29, 0.717) is 10.9 Å². The van der Waals surface area contributed by atoms with Crippen molar-refractivity contribution in [3.05, 3.63) is 142 Å². The van der Waals surface area contributed by atoms with E-state index in [2.05, 4.69) is 5.10 Å². The Bertz CT molecular complexity index is 1400. The second-order valence-corrected chi connectivity index (χ2v) is 7.83. The van der Waals surface area contributed by atoms with E-state index in [1.54, 1.807) is 4.68 Å². The van der Waals surface area contributed by atoms with Gasteiger partial charge in [0.1, 0.15) is 5.54 Å². The van der Waals surface area contributed by atoms with Gasteiger partial charge in [-0.05, 0) is 22.8 Å². The number of hydrogen-bond acceptors (Lipinski definition) is 4. The van der Waals surface area contributed by atoms with Gasteiger partial charge in [-0.25, -0.2) is 9.48 Å². The maximum atomic E-state index is 12.2. The molecule has 0 amide bonds. The van der Waals surface area contributed by atoms with Crippen LogP contribution in [-0.2, 0) is 5.54 Å². The summed E-state index contributed by atoms with van der Waals surface area (Å²) in [6, 6.07) is 33.0. The first kappa shape index (κ1) is 21.1. The lowest BCUT2D eigenvalue weighted by Crippen LogP contribution is -2.38. The van der Waals surface area contributed by atoms with Crippen molar-refractivity contribution in [2.24, 2.45) is 0 Å². The quantitative estimate of drug-likeness (QED) is 0.210. The molecule has 1 N–H and O–H groups in total.